The van der Waals surface area contributed by atoms with Gasteiger partial charge in [-0.15, -0.1) is 0 Å². The standard InChI is InChI=1S/C17H20N2O2/c1-11-7-8-12(2)15(9-11)18-10-19-16(20)13-5-3-4-6-14(13)17(19)21/h3-4,7-9,13-14,18H,5-6,10H2,1-2H3/t13-,14-/m0/s1. The molecule has 0 bridgehead atoms. The number of benzene rings is 1. The number of anilines is 1. The molecule has 4 nitrogen and oxygen atoms in total. The third-order valence-electron chi connectivity index (χ3n) is 4.42. The molecule has 4 heteroatoms. The fourth-order valence-corrected chi connectivity index (χ4v) is 3.12. The third kappa shape index (κ3) is 2.46. The minimum Gasteiger partial charge on any atom is -0.367 e. The van der Waals surface area contributed by atoms with Crippen molar-refractivity contribution < 1.29 is 9.59 Å². The number of carbonyl (C=O) groups excluding carboxylic acids is 2. The summed E-state index contributed by atoms with van der Waals surface area (Å²) in [5.74, 6) is -0.370. The predicted octanol–water partition coefficient (Wildman–Crippen LogP) is 2.62. The van der Waals surface area contributed by atoms with Crippen LogP contribution in [0.4, 0.5) is 5.69 Å². The van der Waals surface area contributed by atoms with Gasteiger partial charge < -0.3 is 5.32 Å². The van der Waals surface area contributed by atoms with E-state index in [-0.39, 0.29) is 30.3 Å². The van der Waals surface area contributed by atoms with Crippen LogP contribution < -0.4 is 5.32 Å². The van der Waals surface area contributed by atoms with Gasteiger partial charge in [0.1, 0.15) is 0 Å². The van der Waals surface area contributed by atoms with E-state index in [1.165, 1.54) is 4.90 Å². The van der Waals surface area contributed by atoms with Crippen molar-refractivity contribution in [2.75, 3.05) is 12.0 Å². The summed E-state index contributed by atoms with van der Waals surface area (Å²) < 4.78 is 0. The van der Waals surface area contributed by atoms with Gasteiger partial charge in [-0.2, -0.15) is 0 Å². The first-order valence-corrected chi connectivity index (χ1v) is 7.39. The number of hydrogen-bond acceptors (Lipinski definition) is 3. The van der Waals surface area contributed by atoms with E-state index in [2.05, 4.69) is 5.32 Å². The van der Waals surface area contributed by atoms with Crippen LogP contribution >= 0.6 is 0 Å². The number of fused-ring (bicyclic) bond motifs is 1. The van der Waals surface area contributed by atoms with Crippen LogP contribution in [0.25, 0.3) is 0 Å². The van der Waals surface area contributed by atoms with Gasteiger partial charge in [0.25, 0.3) is 0 Å². The van der Waals surface area contributed by atoms with Gasteiger partial charge in [-0.25, -0.2) is 0 Å². The summed E-state index contributed by atoms with van der Waals surface area (Å²) in [5.41, 5.74) is 3.24. The van der Waals surface area contributed by atoms with Gasteiger partial charge in [-0.1, -0.05) is 24.3 Å². The van der Waals surface area contributed by atoms with Crippen molar-refractivity contribution in [2.45, 2.75) is 26.7 Å². The molecule has 3 rings (SSSR count). The van der Waals surface area contributed by atoms with Gasteiger partial charge in [0.05, 0.1) is 18.5 Å². The fourth-order valence-electron chi connectivity index (χ4n) is 3.12. The summed E-state index contributed by atoms with van der Waals surface area (Å²) >= 11 is 0. The first kappa shape index (κ1) is 13.9. The van der Waals surface area contributed by atoms with E-state index in [0.717, 1.165) is 16.8 Å². The maximum atomic E-state index is 12.4. The maximum Gasteiger partial charge on any atom is 0.234 e. The van der Waals surface area contributed by atoms with Crippen LogP contribution in [0.1, 0.15) is 24.0 Å². The molecule has 2 atom stereocenters. The van der Waals surface area contributed by atoms with Crippen LogP contribution in [0.5, 0.6) is 0 Å². The Balaban J connectivity index is 1.72. The Labute approximate surface area is 124 Å². The SMILES string of the molecule is Cc1ccc(C)c(NCN2C(=O)[C@H]3CC=CC[C@@H]3C2=O)c1. The van der Waals surface area contributed by atoms with Crippen molar-refractivity contribution in [1.29, 1.82) is 0 Å². The van der Waals surface area contributed by atoms with Gasteiger partial charge in [-0.3, -0.25) is 14.5 Å². The number of nitrogens with zero attached hydrogens (tertiary/aromatic N) is 1. The van der Waals surface area contributed by atoms with Gasteiger partial charge in [0.2, 0.25) is 11.8 Å². The lowest BCUT2D eigenvalue weighted by Gasteiger charge is -2.18. The first-order chi connectivity index (χ1) is 10.1. The fraction of sp³-hybridized carbons (Fsp3) is 0.412. The Morgan fingerprint density at radius 2 is 1.71 bits per heavy atom. The Kier molecular flexibility index (Phi) is 3.53. The van der Waals surface area contributed by atoms with Crippen molar-refractivity contribution >= 4 is 17.5 Å². The Bertz CT molecular complexity index is 595. The molecule has 1 aliphatic heterocycles. The lowest BCUT2D eigenvalue weighted by atomic mass is 9.85. The molecule has 1 saturated heterocycles. The van der Waals surface area contributed by atoms with E-state index < -0.39 is 0 Å². The molecule has 1 fully saturated rings. The molecule has 2 amide bonds. The first-order valence-electron chi connectivity index (χ1n) is 7.39. The van der Waals surface area contributed by atoms with E-state index in [4.69, 9.17) is 0 Å². The van der Waals surface area contributed by atoms with Crippen LogP contribution in [-0.4, -0.2) is 23.4 Å². The number of aryl methyl sites for hydroxylation is 2. The number of nitrogens with one attached hydrogen (secondary N) is 1. The molecule has 21 heavy (non-hydrogen) atoms. The van der Waals surface area contributed by atoms with Crippen LogP contribution in [0.3, 0.4) is 0 Å². The van der Waals surface area contributed by atoms with Crippen LogP contribution in [0.2, 0.25) is 0 Å². The second-order valence-electron chi connectivity index (χ2n) is 5.91. The quantitative estimate of drug-likeness (QED) is 0.685. The summed E-state index contributed by atoms with van der Waals surface area (Å²) in [6.45, 7) is 4.30. The molecule has 2 aliphatic rings. The predicted molar refractivity (Wildman–Crippen MR) is 81.6 cm³/mol. The molecule has 0 radical (unpaired) electrons. The zero-order valence-corrected chi connectivity index (χ0v) is 12.4. The molecule has 0 aromatic heterocycles. The molecule has 1 aromatic carbocycles. The molecule has 1 aromatic rings. The summed E-state index contributed by atoms with van der Waals surface area (Å²) in [6.07, 6.45) is 5.40. The van der Waals surface area contributed by atoms with Crippen molar-refractivity contribution in [3.63, 3.8) is 0 Å². The topological polar surface area (TPSA) is 49.4 Å². The second kappa shape index (κ2) is 5.35. The lowest BCUT2D eigenvalue weighted by molar-refractivity contribution is -0.139. The normalized spacial score (nSPS) is 24.4. The van der Waals surface area contributed by atoms with Gasteiger partial charge >= 0.3 is 0 Å². The number of likely N-dealkylation sites (tertiary alicyclic amines) is 1. The molecule has 110 valence electrons. The van der Waals surface area contributed by atoms with E-state index in [0.29, 0.717) is 12.8 Å². The summed E-state index contributed by atoms with van der Waals surface area (Å²) in [6, 6.07) is 6.12. The number of rotatable bonds is 3. The second-order valence-corrected chi connectivity index (χ2v) is 5.91. The third-order valence-corrected chi connectivity index (χ3v) is 4.42. The molecule has 0 saturated carbocycles. The number of imide groups is 1. The Hall–Kier alpha value is -2.10. The highest BCUT2D eigenvalue weighted by Gasteiger charge is 2.46. The minimum atomic E-state index is -0.150. The zero-order valence-electron chi connectivity index (χ0n) is 12.4. The van der Waals surface area contributed by atoms with Crippen LogP contribution in [0, 0.1) is 25.7 Å². The summed E-state index contributed by atoms with van der Waals surface area (Å²) in [7, 11) is 0. The number of carbonyl (C=O) groups is 2. The van der Waals surface area contributed by atoms with Crippen molar-refractivity contribution in [3.8, 4) is 0 Å². The average Bonchev–Trinajstić information content (AvgIpc) is 2.73. The van der Waals surface area contributed by atoms with Crippen molar-refractivity contribution in [3.05, 3.63) is 41.5 Å². The Morgan fingerprint density at radius 3 is 2.33 bits per heavy atom. The number of amides is 2. The average molecular weight is 284 g/mol. The van der Waals surface area contributed by atoms with E-state index in [1.807, 2.05) is 44.2 Å². The largest absolute Gasteiger partial charge is 0.367 e. The zero-order chi connectivity index (χ0) is 15.0. The van der Waals surface area contributed by atoms with Crippen LogP contribution in [0.15, 0.2) is 30.4 Å². The van der Waals surface area contributed by atoms with Crippen molar-refractivity contribution in [2.24, 2.45) is 11.8 Å². The minimum absolute atomic E-state index is 0.0350. The molecular weight excluding hydrogens is 264 g/mol. The van der Waals surface area contributed by atoms with E-state index in [1.54, 1.807) is 0 Å². The lowest BCUT2D eigenvalue weighted by Crippen LogP contribution is -2.35. The smallest absolute Gasteiger partial charge is 0.234 e. The van der Waals surface area contributed by atoms with Crippen LogP contribution in [-0.2, 0) is 9.59 Å². The number of hydrogen-bond donors (Lipinski definition) is 1. The van der Waals surface area contributed by atoms with Crippen molar-refractivity contribution in [1.82, 2.24) is 4.90 Å². The summed E-state index contributed by atoms with van der Waals surface area (Å²) in [4.78, 5) is 26.1. The van der Waals surface area contributed by atoms with E-state index >= 15 is 0 Å². The molecule has 1 heterocycles. The van der Waals surface area contributed by atoms with Gasteiger partial charge in [-0.05, 0) is 43.9 Å². The monoisotopic (exact) mass is 284 g/mol. The number of allylic oxidation sites excluding steroid dienone is 2. The molecule has 1 aliphatic carbocycles. The van der Waals surface area contributed by atoms with Gasteiger partial charge in [0.15, 0.2) is 0 Å². The summed E-state index contributed by atoms with van der Waals surface area (Å²) in [5, 5.41) is 3.23. The molecule has 0 spiro atoms. The molecular formula is C17H20N2O2. The maximum absolute atomic E-state index is 12.4. The van der Waals surface area contributed by atoms with Gasteiger partial charge in [0, 0.05) is 5.69 Å². The Morgan fingerprint density at radius 1 is 1.10 bits per heavy atom. The highest BCUT2D eigenvalue weighted by molar-refractivity contribution is 6.05. The highest BCUT2D eigenvalue weighted by Crippen LogP contribution is 2.34. The molecule has 1 N–H and O–H groups in total. The van der Waals surface area contributed by atoms with E-state index in [9.17, 15) is 9.59 Å². The molecule has 0 unspecified atom stereocenters. The highest BCUT2D eigenvalue weighted by atomic mass is 16.2.